The van der Waals surface area contributed by atoms with Crippen molar-refractivity contribution in [3.63, 3.8) is 0 Å². The first kappa shape index (κ1) is 17.0. The summed E-state index contributed by atoms with van der Waals surface area (Å²) < 4.78 is 0. The third kappa shape index (κ3) is 4.61. The van der Waals surface area contributed by atoms with Crippen molar-refractivity contribution in [3.05, 3.63) is 46.7 Å². The smallest absolute Gasteiger partial charge is 0.223 e. The van der Waals surface area contributed by atoms with E-state index in [0.29, 0.717) is 12.3 Å². The number of likely N-dealkylation sites (tertiary alicyclic amines) is 1. The summed E-state index contributed by atoms with van der Waals surface area (Å²) in [6.45, 7) is 3.23. The van der Waals surface area contributed by atoms with Crippen molar-refractivity contribution in [3.8, 4) is 0 Å². The number of aromatic nitrogens is 2. The van der Waals surface area contributed by atoms with Gasteiger partial charge in [-0.1, -0.05) is 6.07 Å². The first-order valence-electron chi connectivity index (χ1n) is 8.48. The van der Waals surface area contributed by atoms with Gasteiger partial charge < -0.3 is 9.80 Å². The van der Waals surface area contributed by atoms with Crippen LogP contribution < -0.4 is 0 Å². The number of nitrogens with zero attached hydrogens (tertiary/aromatic N) is 4. The van der Waals surface area contributed by atoms with Gasteiger partial charge in [-0.25, -0.2) is 4.98 Å². The Morgan fingerprint density at radius 3 is 3.04 bits per heavy atom. The first-order valence-corrected chi connectivity index (χ1v) is 9.36. The maximum absolute atomic E-state index is 12.5. The molecule has 1 fully saturated rings. The molecule has 0 saturated carbocycles. The van der Waals surface area contributed by atoms with Crippen LogP contribution in [0.2, 0.25) is 0 Å². The van der Waals surface area contributed by atoms with Gasteiger partial charge in [-0.15, -0.1) is 11.3 Å². The zero-order valence-corrected chi connectivity index (χ0v) is 14.9. The van der Waals surface area contributed by atoms with E-state index in [1.807, 2.05) is 41.7 Å². The maximum Gasteiger partial charge on any atom is 0.223 e. The van der Waals surface area contributed by atoms with Crippen molar-refractivity contribution in [2.24, 2.45) is 0 Å². The molecule has 1 aliphatic heterocycles. The molecule has 0 aromatic carbocycles. The van der Waals surface area contributed by atoms with Crippen LogP contribution in [0.5, 0.6) is 0 Å². The van der Waals surface area contributed by atoms with Gasteiger partial charge in [0.25, 0.3) is 0 Å². The molecule has 2 aromatic heterocycles. The highest BCUT2D eigenvalue weighted by atomic mass is 32.1. The standard InChI is InChI=1S/C18H24N4OS/c1-21(14-16-6-2-3-8-19-16)11-7-17(23)22-10-4-5-15(13-22)18-20-9-12-24-18/h2-3,6,8-9,12,15H,4-5,7,10-11,13-14H2,1H3/t15-/m0/s1. The van der Waals surface area contributed by atoms with Gasteiger partial charge in [-0.3, -0.25) is 9.78 Å². The fraction of sp³-hybridized carbons (Fsp3) is 0.500. The summed E-state index contributed by atoms with van der Waals surface area (Å²) in [6, 6.07) is 5.93. The van der Waals surface area contributed by atoms with Crippen LogP contribution in [0.3, 0.4) is 0 Å². The molecule has 24 heavy (non-hydrogen) atoms. The van der Waals surface area contributed by atoms with Gasteiger partial charge in [-0.2, -0.15) is 0 Å². The molecule has 1 atom stereocenters. The molecule has 2 aromatic rings. The molecular formula is C18H24N4OS. The summed E-state index contributed by atoms with van der Waals surface area (Å²) in [5, 5.41) is 3.18. The normalized spacial score (nSPS) is 18.1. The van der Waals surface area contributed by atoms with E-state index in [4.69, 9.17) is 0 Å². The number of thiazole rings is 1. The van der Waals surface area contributed by atoms with Crippen LogP contribution in [0, 0.1) is 0 Å². The predicted molar refractivity (Wildman–Crippen MR) is 95.9 cm³/mol. The van der Waals surface area contributed by atoms with E-state index in [0.717, 1.165) is 44.7 Å². The maximum atomic E-state index is 12.5. The highest BCUT2D eigenvalue weighted by Crippen LogP contribution is 2.28. The molecule has 0 bridgehead atoms. The van der Waals surface area contributed by atoms with Crippen LogP contribution in [-0.4, -0.2) is 52.4 Å². The lowest BCUT2D eigenvalue weighted by Gasteiger charge is -2.32. The van der Waals surface area contributed by atoms with Crippen molar-refractivity contribution < 1.29 is 4.79 Å². The molecule has 0 N–H and O–H groups in total. The molecule has 0 radical (unpaired) electrons. The van der Waals surface area contributed by atoms with Crippen LogP contribution in [0.25, 0.3) is 0 Å². The Kier molecular flexibility index (Phi) is 5.93. The van der Waals surface area contributed by atoms with E-state index < -0.39 is 0 Å². The zero-order valence-electron chi connectivity index (χ0n) is 14.1. The van der Waals surface area contributed by atoms with Crippen molar-refractivity contribution in [2.45, 2.75) is 31.7 Å². The summed E-state index contributed by atoms with van der Waals surface area (Å²) in [5.41, 5.74) is 1.04. The Labute approximate surface area is 147 Å². The Morgan fingerprint density at radius 1 is 1.38 bits per heavy atom. The van der Waals surface area contributed by atoms with Gasteiger partial charge >= 0.3 is 0 Å². The number of carbonyl (C=O) groups excluding carboxylic acids is 1. The summed E-state index contributed by atoms with van der Waals surface area (Å²) in [4.78, 5) is 25.5. The first-order chi connectivity index (χ1) is 11.7. The highest BCUT2D eigenvalue weighted by molar-refractivity contribution is 7.09. The summed E-state index contributed by atoms with van der Waals surface area (Å²) >= 11 is 1.70. The van der Waals surface area contributed by atoms with E-state index in [-0.39, 0.29) is 5.91 Å². The van der Waals surface area contributed by atoms with E-state index in [9.17, 15) is 4.79 Å². The number of piperidine rings is 1. The Hall–Kier alpha value is -1.79. The number of amides is 1. The van der Waals surface area contributed by atoms with Gasteiger partial charge in [0.1, 0.15) is 0 Å². The minimum Gasteiger partial charge on any atom is -0.342 e. The molecule has 1 saturated heterocycles. The van der Waals surface area contributed by atoms with Crippen LogP contribution in [0.1, 0.15) is 35.9 Å². The van der Waals surface area contributed by atoms with E-state index in [1.54, 1.807) is 17.5 Å². The lowest BCUT2D eigenvalue weighted by Crippen LogP contribution is -2.40. The van der Waals surface area contributed by atoms with Gasteiger partial charge in [0.15, 0.2) is 0 Å². The lowest BCUT2D eigenvalue weighted by atomic mass is 9.98. The Morgan fingerprint density at radius 2 is 2.29 bits per heavy atom. The minimum absolute atomic E-state index is 0.254. The van der Waals surface area contributed by atoms with Gasteiger partial charge in [0.05, 0.1) is 10.7 Å². The summed E-state index contributed by atoms with van der Waals surface area (Å²) in [5.74, 6) is 0.665. The summed E-state index contributed by atoms with van der Waals surface area (Å²) in [6.07, 6.45) is 6.43. The lowest BCUT2D eigenvalue weighted by molar-refractivity contribution is -0.132. The molecule has 3 rings (SSSR count). The van der Waals surface area contributed by atoms with Crippen LogP contribution in [0.4, 0.5) is 0 Å². The minimum atomic E-state index is 0.254. The Balaban J connectivity index is 1.46. The fourth-order valence-corrected chi connectivity index (χ4v) is 3.90. The van der Waals surface area contributed by atoms with E-state index in [2.05, 4.69) is 14.9 Å². The quantitative estimate of drug-likeness (QED) is 0.808. The SMILES string of the molecule is CN(CCC(=O)N1CCC[C@H](c2nccs2)C1)Cc1ccccn1. The number of rotatable bonds is 6. The number of hydrogen-bond donors (Lipinski definition) is 0. The van der Waals surface area contributed by atoms with Crippen LogP contribution in [-0.2, 0) is 11.3 Å². The Bertz CT molecular complexity index is 632. The third-order valence-electron chi connectivity index (χ3n) is 4.44. The predicted octanol–water partition coefficient (Wildman–Crippen LogP) is 2.77. The van der Waals surface area contributed by atoms with Crippen LogP contribution in [0.15, 0.2) is 36.0 Å². The number of pyridine rings is 1. The van der Waals surface area contributed by atoms with Crippen molar-refractivity contribution in [2.75, 3.05) is 26.7 Å². The highest BCUT2D eigenvalue weighted by Gasteiger charge is 2.26. The summed E-state index contributed by atoms with van der Waals surface area (Å²) in [7, 11) is 2.04. The van der Waals surface area contributed by atoms with Crippen LogP contribution >= 0.6 is 11.3 Å². The third-order valence-corrected chi connectivity index (χ3v) is 5.38. The molecule has 3 heterocycles. The molecule has 5 nitrogen and oxygen atoms in total. The number of carbonyl (C=O) groups is 1. The molecular weight excluding hydrogens is 320 g/mol. The largest absolute Gasteiger partial charge is 0.342 e. The van der Waals surface area contributed by atoms with E-state index in [1.165, 1.54) is 5.01 Å². The fourth-order valence-electron chi connectivity index (χ4n) is 3.13. The van der Waals surface area contributed by atoms with Crippen molar-refractivity contribution in [1.29, 1.82) is 0 Å². The topological polar surface area (TPSA) is 49.3 Å². The van der Waals surface area contributed by atoms with E-state index >= 15 is 0 Å². The number of hydrogen-bond acceptors (Lipinski definition) is 5. The van der Waals surface area contributed by atoms with Gasteiger partial charge in [0, 0.05) is 56.3 Å². The van der Waals surface area contributed by atoms with Gasteiger partial charge in [0.2, 0.25) is 5.91 Å². The van der Waals surface area contributed by atoms with Gasteiger partial charge in [-0.05, 0) is 32.0 Å². The molecule has 1 aliphatic rings. The van der Waals surface area contributed by atoms with Crippen molar-refractivity contribution >= 4 is 17.2 Å². The second kappa shape index (κ2) is 8.35. The zero-order chi connectivity index (χ0) is 16.8. The average molecular weight is 344 g/mol. The molecule has 1 amide bonds. The average Bonchev–Trinajstić information content (AvgIpc) is 3.15. The monoisotopic (exact) mass is 344 g/mol. The molecule has 0 unspecified atom stereocenters. The molecule has 128 valence electrons. The second-order valence-corrected chi connectivity index (χ2v) is 7.28. The molecule has 6 heteroatoms. The molecule has 0 spiro atoms. The molecule has 0 aliphatic carbocycles. The van der Waals surface area contributed by atoms with Crippen molar-refractivity contribution in [1.82, 2.24) is 19.8 Å². The second-order valence-electron chi connectivity index (χ2n) is 6.36.